The van der Waals surface area contributed by atoms with E-state index in [9.17, 15) is 22.8 Å². The molecular formula is C30H26F4N6O3S. The summed E-state index contributed by atoms with van der Waals surface area (Å²) >= 11 is 1.25. The van der Waals surface area contributed by atoms with Crippen LogP contribution in [0.25, 0.3) is 10.9 Å². The SMILES string of the molecule is CC(C)c1ccccc1N1C(=O)CS/C1=N/N=C\c1cc(F)c2c(C(=O)N(C)c3ccc(OC(F)(F)F)cc3)nn(C)c2c1. The Hall–Kier alpha value is -4.72. The van der Waals surface area contributed by atoms with Gasteiger partial charge in [0.2, 0.25) is 5.91 Å². The van der Waals surface area contributed by atoms with Gasteiger partial charge in [0.25, 0.3) is 5.91 Å². The molecule has 5 rings (SSSR count). The van der Waals surface area contributed by atoms with Crippen LogP contribution < -0.4 is 14.5 Å². The Labute approximate surface area is 253 Å². The number of anilines is 2. The maximum Gasteiger partial charge on any atom is 0.573 e. The molecule has 14 heteroatoms. The predicted molar refractivity (Wildman–Crippen MR) is 162 cm³/mol. The molecule has 0 bridgehead atoms. The minimum Gasteiger partial charge on any atom is -0.406 e. The van der Waals surface area contributed by atoms with Gasteiger partial charge in [-0.05, 0) is 59.5 Å². The average molecular weight is 627 g/mol. The lowest BCUT2D eigenvalue weighted by atomic mass is 10.0. The van der Waals surface area contributed by atoms with Crippen molar-refractivity contribution < 1.29 is 31.9 Å². The van der Waals surface area contributed by atoms with E-state index >= 15 is 4.39 Å². The van der Waals surface area contributed by atoms with Gasteiger partial charge in [-0.1, -0.05) is 43.8 Å². The van der Waals surface area contributed by atoms with E-state index in [2.05, 4.69) is 20.0 Å². The number of hydrogen-bond donors (Lipinski definition) is 0. The molecule has 1 aromatic heterocycles. The largest absolute Gasteiger partial charge is 0.573 e. The molecule has 1 aliphatic heterocycles. The van der Waals surface area contributed by atoms with Gasteiger partial charge in [-0.3, -0.25) is 19.2 Å². The van der Waals surface area contributed by atoms with Crippen molar-refractivity contribution in [2.24, 2.45) is 17.3 Å². The minimum atomic E-state index is -4.85. The zero-order valence-electron chi connectivity index (χ0n) is 24.0. The highest BCUT2D eigenvalue weighted by Crippen LogP contribution is 2.33. The van der Waals surface area contributed by atoms with Crippen molar-refractivity contribution in [2.45, 2.75) is 26.1 Å². The van der Waals surface area contributed by atoms with Gasteiger partial charge in [0.15, 0.2) is 10.9 Å². The van der Waals surface area contributed by atoms with Gasteiger partial charge < -0.3 is 9.64 Å². The lowest BCUT2D eigenvalue weighted by Crippen LogP contribution is -2.30. The molecule has 0 N–H and O–H groups in total. The maximum absolute atomic E-state index is 15.4. The van der Waals surface area contributed by atoms with Crippen molar-refractivity contribution in [3.63, 3.8) is 0 Å². The van der Waals surface area contributed by atoms with Crippen LogP contribution in [0.15, 0.2) is 70.9 Å². The van der Waals surface area contributed by atoms with Crippen molar-refractivity contribution in [1.82, 2.24) is 9.78 Å². The zero-order valence-corrected chi connectivity index (χ0v) is 24.8. The predicted octanol–water partition coefficient (Wildman–Crippen LogP) is 6.48. The number of amidine groups is 1. The Kier molecular flexibility index (Phi) is 8.46. The molecule has 3 aromatic carbocycles. The Morgan fingerprint density at radius 1 is 1.14 bits per heavy atom. The van der Waals surface area contributed by atoms with Crippen LogP contribution in [0.2, 0.25) is 0 Å². The van der Waals surface area contributed by atoms with E-state index in [0.29, 0.717) is 16.2 Å². The summed E-state index contributed by atoms with van der Waals surface area (Å²) in [6, 6.07) is 15.0. The third-order valence-corrected chi connectivity index (χ3v) is 7.72. The number of aryl methyl sites for hydroxylation is 1. The second kappa shape index (κ2) is 12.1. The lowest BCUT2D eigenvalue weighted by Gasteiger charge is -2.20. The standard InChI is InChI=1S/C30H26F4N6O3S/c1-17(2)21-7-5-6-8-23(21)40-25(41)16-44-29(40)36-35-15-18-13-22(31)26-24(14-18)39(4)37-27(26)28(42)38(3)19-9-11-20(12-10-19)43-30(32,33)34/h5-15,17H,16H2,1-4H3/b35-15-,36-29+. The fraction of sp³-hybridized carbons (Fsp3) is 0.233. The summed E-state index contributed by atoms with van der Waals surface area (Å²) < 4.78 is 58.1. The summed E-state index contributed by atoms with van der Waals surface area (Å²) in [6.07, 6.45) is -3.50. The van der Waals surface area contributed by atoms with Gasteiger partial charge in [0, 0.05) is 19.8 Å². The molecule has 228 valence electrons. The molecule has 0 unspecified atom stereocenters. The number of para-hydroxylation sites is 1. The van der Waals surface area contributed by atoms with E-state index in [1.807, 2.05) is 38.1 Å². The van der Waals surface area contributed by atoms with Crippen molar-refractivity contribution >= 4 is 57.2 Å². The van der Waals surface area contributed by atoms with E-state index in [-0.39, 0.29) is 34.3 Å². The van der Waals surface area contributed by atoms with Gasteiger partial charge >= 0.3 is 6.36 Å². The van der Waals surface area contributed by atoms with Crippen LogP contribution in [0.5, 0.6) is 5.75 Å². The van der Waals surface area contributed by atoms with Crippen molar-refractivity contribution in [1.29, 1.82) is 0 Å². The molecule has 1 aliphatic rings. The number of carbonyl (C=O) groups is 2. The average Bonchev–Trinajstić information content (AvgIpc) is 3.51. The number of thioether (sulfide) groups is 1. The van der Waals surface area contributed by atoms with Crippen LogP contribution in [0.3, 0.4) is 0 Å². The molecule has 2 heterocycles. The maximum atomic E-state index is 15.4. The molecule has 1 fully saturated rings. The third kappa shape index (κ3) is 6.30. The number of amides is 2. The van der Waals surface area contributed by atoms with Crippen molar-refractivity contribution in [2.75, 3.05) is 22.6 Å². The highest BCUT2D eigenvalue weighted by Gasteiger charge is 2.32. The summed E-state index contributed by atoms with van der Waals surface area (Å²) in [7, 11) is 2.95. The van der Waals surface area contributed by atoms with Crippen molar-refractivity contribution in [3.05, 3.63) is 83.3 Å². The number of ether oxygens (including phenoxy) is 1. The van der Waals surface area contributed by atoms with Gasteiger partial charge in [0.05, 0.1) is 28.6 Å². The Bertz CT molecular complexity index is 1800. The number of carbonyl (C=O) groups excluding carboxylic acids is 2. The first-order chi connectivity index (χ1) is 20.8. The number of fused-ring (bicyclic) bond motifs is 1. The Balaban J connectivity index is 1.39. The number of alkyl halides is 3. The Morgan fingerprint density at radius 2 is 1.84 bits per heavy atom. The minimum absolute atomic E-state index is 0.0294. The number of halogens is 4. The molecule has 9 nitrogen and oxygen atoms in total. The zero-order chi connectivity index (χ0) is 31.8. The van der Waals surface area contributed by atoms with Gasteiger partial charge in [-0.2, -0.15) is 10.2 Å². The first-order valence-corrected chi connectivity index (χ1v) is 14.3. The molecule has 2 amide bonds. The van der Waals surface area contributed by atoms with Crippen LogP contribution in [-0.2, 0) is 11.8 Å². The van der Waals surface area contributed by atoms with Crippen LogP contribution in [0, 0.1) is 5.82 Å². The molecule has 0 atom stereocenters. The monoisotopic (exact) mass is 626 g/mol. The number of aromatic nitrogens is 2. The van der Waals surface area contributed by atoms with Gasteiger partial charge in [-0.25, -0.2) is 4.39 Å². The first-order valence-electron chi connectivity index (χ1n) is 13.3. The van der Waals surface area contributed by atoms with E-state index in [1.165, 1.54) is 52.8 Å². The van der Waals surface area contributed by atoms with Crippen LogP contribution >= 0.6 is 11.8 Å². The number of benzene rings is 3. The molecule has 1 saturated heterocycles. The molecule has 0 radical (unpaired) electrons. The molecule has 0 spiro atoms. The van der Waals surface area contributed by atoms with E-state index in [4.69, 9.17) is 0 Å². The molecule has 4 aromatic rings. The highest BCUT2D eigenvalue weighted by atomic mass is 32.2. The lowest BCUT2D eigenvalue weighted by molar-refractivity contribution is -0.274. The third-order valence-electron chi connectivity index (χ3n) is 6.81. The summed E-state index contributed by atoms with van der Waals surface area (Å²) in [5.41, 5.74) is 2.46. The summed E-state index contributed by atoms with van der Waals surface area (Å²) in [5.74, 6) is -1.57. The van der Waals surface area contributed by atoms with Gasteiger partial charge in [-0.15, -0.1) is 18.3 Å². The van der Waals surface area contributed by atoms with Crippen LogP contribution in [0.4, 0.5) is 28.9 Å². The molecule has 44 heavy (non-hydrogen) atoms. The van der Waals surface area contributed by atoms with Gasteiger partial charge in [0.1, 0.15) is 11.6 Å². The van der Waals surface area contributed by atoms with E-state index < -0.39 is 23.8 Å². The second-order valence-electron chi connectivity index (χ2n) is 10.1. The van der Waals surface area contributed by atoms with Crippen molar-refractivity contribution in [3.8, 4) is 5.75 Å². The van der Waals surface area contributed by atoms with E-state index in [1.54, 1.807) is 13.1 Å². The molecule has 0 aliphatic carbocycles. The summed E-state index contributed by atoms with van der Waals surface area (Å²) in [5, 5.41) is 13.0. The quantitative estimate of drug-likeness (QED) is 0.133. The normalized spacial score (nSPS) is 14.9. The topological polar surface area (TPSA) is 92.4 Å². The van der Waals surface area contributed by atoms with Crippen LogP contribution in [-0.4, -0.2) is 52.1 Å². The molecular weight excluding hydrogens is 600 g/mol. The van der Waals surface area contributed by atoms with E-state index in [0.717, 1.165) is 28.3 Å². The van der Waals surface area contributed by atoms with Crippen LogP contribution in [0.1, 0.15) is 41.4 Å². The Morgan fingerprint density at radius 3 is 2.52 bits per heavy atom. The number of hydrogen-bond acceptors (Lipinski definition) is 7. The highest BCUT2D eigenvalue weighted by molar-refractivity contribution is 8.15. The fourth-order valence-electron chi connectivity index (χ4n) is 4.73. The summed E-state index contributed by atoms with van der Waals surface area (Å²) in [6.45, 7) is 4.08. The second-order valence-corrected chi connectivity index (χ2v) is 11.1. The summed E-state index contributed by atoms with van der Waals surface area (Å²) in [4.78, 5) is 28.7. The number of nitrogens with zero attached hydrogens (tertiary/aromatic N) is 6. The smallest absolute Gasteiger partial charge is 0.406 e. The first kappa shape index (κ1) is 30.7. The fourth-order valence-corrected chi connectivity index (χ4v) is 5.54. The number of rotatable bonds is 7. The molecule has 0 saturated carbocycles.